The number of hydrogen-bond acceptors (Lipinski definition) is 5. The molecule has 2 rings (SSSR count). The molecule has 110 valence electrons. The Hall–Kier alpha value is -1.01. The number of ether oxygens (including phenoxy) is 1. The van der Waals surface area contributed by atoms with Crippen LogP contribution in [0.5, 0.6) is 0 Å². The summed E-state index contributed by atoms with van der Waals surface area (Å²) in [6.07, 6.45) is 1.24. The molecule has 0 fully saturated rings. The number of benzene rings is 1. The maximum Gasteiger partial charge on any atom is 0.0954 e. The number of nitrogens with one attached hydrogen (secondary N) is 1. The van der Waals surface area contributed by atoms with Gasteiger partial charge in [-0.25, -0.2) is 4.98 Å². The first-order valence-electron chi connectivity index (χ1n) is 6.94. The predicted molar refractivity (Wildman–Crippen MR) is 83.3 cm³/mol. The van der Waals surface area contributed by atoms with Crippen LogP contribution in [-0.4, -0.2) is 42.5 Å². The summed E-state index contributed by atoms with van der Waals surface area (Å²) in [7, 11) is 1.60. The second-order valence-corrected chi connectivity index (χ2v) is 6.15. The average molecular weight is 294 g/mol. The molecule has 2 aromatic rings. The number of aliphatic hydroxyl groups is 1. The first-order valence-corrected chi connectivity index (χ1v) is 7.75. The fourth-order valence-corrected chi connectivity index (χ4v) is 3.21. The minimum atomic E-state index is -0.387. The van der Waals surface area contributed by atoms with Crippen LogP contribution in [0.1, 0.15) is 18.4 Å². The van der Waals surface area contributed by atoms with Crippen molar-refractivity contribution in [2.75, 3.05) is 20.3 Å². The zero-order valence-electron chi connectivity index (χ0n) is 12.0. The highest BCUT2D eigenvalue weighted by Gasteiger charge is 2.09. The fraction of sp³-hybridized carbons (Fsp3) is 0.533. The molecule has 0 aliphatic carbocycles. The van der Waals surface area contributed by atoms with Gasteiger partial charge < -0.3 is 15.2 Å². The van der Waals surface area contributed by atoms with Crippen molar-refractivity contribution >= 4 is 21.6 Å². The van der Waals surface area contributed by atoms with E-state index in [1.54, 1.807) is 18.4 Å². The first kappa shape index (κ1) is 15.4. The molecule has 0 aliphatic rings. The lowest BCUT2D eigenvalue weighted by atomic mass is 10.2. The summed E-state index contributed by atoms with van der Waals surface area (Å²) in [5, 5.41) is 14.1. The topological polar surface area (TPSA) is 54.4 Å². The normalized spacial score (nSPS) is 14.6. The van der Waals surface area contributed by atoms with Crippen LogP contribution in [0.15, 0.2) is 24.3 Å². The van der Waals surface area contributed by atoms with Crippen molar-refractivity contribution < 1.29 is 9.84 Å². The number of methoxy groups -OCH3 is 1. The molecule has 1 heterocycles. The Kier molecular flexibility index (Phi) is 5.91. The summed E-state index contributed by atoms with van der Waals surface area (Å²) in [4.78, 5) is 4.63. The Morgan fingerprint density at radius 2 is 2.20 bits per heavy atom. The lowest BCUT2D eigenvalue weighted by Gasteiger charge is -2.14. The smallest absolute Gasteiger partial charge is 0.0954 e. The van der Waals surface area contributed by atoms with Crippen molar-refractivity contribution in [2.24, 2.45) is 0 Å². The standard InChI is InChI=1S/C15H22N2O2S/c1-11(16-8-7-12(18)10-19-2)9-15-17-13-5-3-4-6-14(13)20-15/h3-6,11-12,16,18H,7-10H2,1-2H3. The van der Waals surface area contributed by atoms with Gasteiger partial charge in [0, 0.05) is 19.6 Å². The van der Waals surface area contributed by atoms with Gasteiger partial charge in [-0.05, 0) is 32.0 Å². The van der Waals surface area contributed by atoms with Gasteiger partial charge in [0.2, 0.25) is 0 Å². The van der Waals surface area contributed by atoms with E-state index in [0.717, 1.165) is 23.5 Å². The second-order valence-electron chi connectivity index (χ2n) is 5.03. The lowest BCUT2D eigenvalue weighted by molar-refractivity contribution is 0.0591. The van der Waals surface area contributed by atoms with E-state index in [-0.39, 0.29) is 6.10 Å². The minimum Gasteiger partial charge on any atom is -0.391 e. The number of aromatic nitrogens is 1. The maximum absolute atomic E-state index is 9.57. The van der Waals surface area contributed by atoms with Gasteiger partial charge in [-0.15, -0.1) is 11.3 Å². The summed E-state index contributed by atoms with van der Waals surface area (Å²) in [5.74, 6) is 0. The molecule has 0 spiro atoms. The maximum atomic E-state index is 9.57. The molecule has 0 aliphatic heterocycles. The van der Waals surface area contributed by atoms with E-state index in [0.29, 0.717) is 19.1 Å². The Morgan fingerprint density at radius 1 is 1.40 bits per heavy atom. The Labute approximate surface area is 123 Å². The zero-order chi connectivity index (χ0) is 14.4. The zero-order valence-corrected chi connectivity index (χ0v) is 12.8. The Morgan fingerprint density at radius 3 is 2.95 bits per heavy atom. The van der Waals surface area contributed by atoms with Crippen molar-refractivity contribution in [3.8, 4) is 0 Å². The van der Waals surface area contributed by atoms with Gasteiger partial charge in [0.05, 0.1) is 27.9 Å². The number of aliphatic hydroxyl groups excluding tert-OH is 1. The summed E-state index contributed by atoms with van der Waals surface area (Å²) in [5.41, 5.74) is 1.08. The quantitative estimate of drug-likeness (QED) is 0.784. The fourth-order valence-electron chi connectivity index (χ4n) is 2.11. The summed E-state index contributed by atoms with van der Waals surface area (Å²) in [6.45, 7) is 3.33. The van der Waals surface area contributed by atoms with Gasteiger partial charge >= 0.3 is 0 Å². The number of nitrogens with zero attached hydrogens (tertiary/aromatic N) is 1. The third-order valence-electron chi connectivity index (χ3n) is 3.15. The number of para-hydroxylation sites is 1. The molecule has 2 N–H and O–H groups in total. The lowest BCUT2D eigenvalue weighted by Crippen LogP contribution is -2.31. The molecular weight excluding hydrogens is 272 g/mol. The molecule has 4 nitrogen and oxygen atoms in total. The van der Waals surface area contributed by atoms with Crippen LogP contribution in [0, 0.1) is 0 Å². The van der Waals surface area contributed by atoms with Crippen LogP contribution < -0.4 is 5.32 Å². The molecule has 1 aromatic carbocycles. The average Bonchev–Trinajstić information content (AvgIpc) is 2.80. The molecule has 0 amide bonds. The minimum absolute atomic E-state index is 0.352. The molecule has 5 heteroatoms. The van der Waals surface area contributed by atoms with Crippen molar-refractivity contribution in [3.63, 3.8) is 0 Å². The van der Waals surface area contributed by atoms with Crippen LogP contribution in [0.2, 0.25) is 0 Å². The van der Waals surface area contributed by atoms with Crippen LogP contribution in [0.4, 0.5) is 0 Å². The Balaban J connectivity index is 1.77. The Bertz CT molecular complexity index is 496. The number of fused-ring (bicyclic) bond motifs is 1. The molecule has 1 aromatic heterocycles. The van der Waals surface area contributed by atoms with E-state index in [9.17, 15) is 5.11 Å². The molecule has 0 saturated heterocycles. The third-order valence-corrected chi connectivity index (χ3v) is 4.21. The molecule has 2 atom stereocenters. The van der Waals surface area contributed by atoms with Gasteiger partial charge in [-0.2, -0.15) is 0 Å². The predicted octanol–water partition coefficient (Wildman–Crippen LogP) is 2.21. The van der Waals surface area contributed by atoms with Gasteiger partial charge in [0.15, 0.2) is 0 Å². The highest BCUT2D eigenvalue weighted by atomic mass is 32.1. The summed E-state index contributed by atoms with van der Waals surface area (Å²) in [6, 6.07) is 8.57. The first-order chi connectivity index (χ1) is 9.69. The summed E-state index contributed by atoms with van der Waals surface area (Å²) < 4.78 is 6.15. The monoisotopic (exact) mass is 294 g/mol. The van der Waals surface area contributed by atoms with Crippen molar-refractivity contribution in [1.82, 2.24) is 10.3 Å². The van der Waals surface area contributed by atoms with E-state index in [2.05, 4.69) is 29.4 Å². The van der Waals surface area contributed by atoms with Gasteiger partial charge in [-0.3, -0.25) is 0 Å². The van der Waals surface area contributed by atoms with Crippen molar-refractivity contribution in [2.45, 2.75) is 31.9 Å². The summed E-state index contributed by atoms with van der Waals surface area (Å²) >= 11 is 1.75. The highest BCUT2D eigenvalue weighted by Crippen LogP contribution is 2.22. The number of rotatable bonds is 8. The molecular formula is C15H22N2O2S. The SMILES string of the molecule is COCC(O)CCNC(C)Cc1nc2ccccc2s1. The van der Waals surface area contributed by atoms with Gasteiger partial charge in [0.25, 0.3) is 0 Å². The third kappa shape index (κ3) is 4.52. The molecule has 20 heavy (non-hydrogen) atoms. The van der Waals surface area contributed by atoms with Crippen LogP contribution in [0.25, 0.3) is 10.2 Å². The van der Waals surface area contributed by atoms with Crippen LogP contribution in [0.3, 0.4) is 0 Å². The number of hydrogen-bond donors (Lipinski definition) is 2. The van der Waals surface area contributed by atoms with E-state index in [1.165, 1.54) is 4.70 Å². The van der Waals surface area contributed by atoms with Crippen LogP contribution >= 0.6 is 11.3 Å². The van der Waals surface area contributed by atoms with E-state index in [1.807, 2.05) is 12.1 Å². The molecule has 2 unspecified atom stereocenters. The van der Waals surface area contributed by atoms with Crippen molar-refractivity contribution in [3.05, 3.63) is 29.3 Å². The van der Waals surface area contributed by atoms with Crippen molar-refractivity contribution in [1.29, 1.82) is 0 Å². The molecule has 0 bridgehead atoms. The van der Waals surface area contributed by atoms with E-state index in [4.69, 9.17) is 4.74 Å². The van der Waals surface area contributed by atoms with Crippen LogP contribution in [-0.2, 0) is 11.2 Å². The number of thiazole rings is 1. The second kappa shape index (κ2) is 7.69. The van der Waals surface area contributed by atoms with Gasteiger partial charge in [0.1, 0.15) is 0 Å². The molecule has 0 saturated carbocycles. The van der Waals surface area contributed by atoms with E-state index >= 15 is 0 Å². The van der Waals surface area contributed by atoms with E-state index < -0.39 is 0 Å². The van der Waals surface area contributed by atoms with Gasteiger partial charge in [-0.1, -0.05) is 12.1 Å². The highest BCUT2D eigenvalue weighted by molar-refractivity contribution is 7.18. The molecule has 0 radical (unpaired) electrons. The largest absolute Gasteiger partial charge is 0.391 e.